The molecule has 0 aliphatic carbocycles. The van der Waals surface area contributed by atoms with Gasteiger partial charge in [0, 0.05) is 10.0 Å². The lowest BCUT2D eigenvalue weighted by molar-refractivity contribution is 0.594. The van der Waals surface area contributed by atoms with Crippen molar-refractivity contribution in [2.24, 2.45) is 0 Å². The van der Waals surface area contributed by atoms with Gasteiger partial charge in [0.25, 0.3) is 5.56 Å². The quantitative estimate of drug-likeness (QED) is 0.513. The summed E-state index contributed by atoms with van der Waals surface area (Å²) in [6, 6.07) is 12.5. The normalized spacial score (nSPS) is 11.2. The maximum absolute atomic E-state index is 14.1. The van der Waals surface area contributed by atoms with Gasteiger partial charge < -0.3 is 0 Å². The van der Waals surface area contributed by atoms with Crippen LogP contribution in [-0.2, 0) is 6.54 Å². The highest BCUT2D eigenvalue weighted by Gasteiger charge is 2.13. The predicted molar refractivity (Wildman–Crippen MR) is 101 cm³/mol. The fourth-order valence-corrected chi connectivity index (χ4v) is 3.21. The zero-order chi connectivity index (χ0) is 18.3. The first-order valence-electron chi connectivity index (χ1n) is 7.97. The molecule has 4 aromatic rings. The molecule has 0 amide bonds. The first-order chi connectivity index (χ1) is 12.5. The van der Waals surface area contributed by atoms with Gasteiger partial charge >= 0.3 is 0 Å². The van der Waals surface area contributed by atoms with Crippen LogP contribution in [-0.4, -0.2) is 19.3 Å². The standard InChI is InChI=1S/C19H14BrFN4O/c1-12-4-2-3-5-17(12)25-18-15(9-23-25)19(26)24(11-22-18)10-13-6-7-14(20)8-16(13)21/h2-9,11H,10H2,1H3. The summed E-state index contributed by atoms with van der Waals surface area (Å²) in [4.78, 5) is 17.2. The van der Waals surface area contributed by atoms with Crippen LogP contribution in [0.3, 0.4) is 0 Å². The Bertz CT molecular complexity index is 1180. The van der Waals surface area contributed by atoms with Gasteiger partial charge in [-0.25, -0.2) is 14.1 Å². The molecule has 130 valence electrons. The number of para-hydroxylation sites is 1. The Labute approximate surface area is 156 Å². The summed E-state index contributed by atoms with van der Waals surface area (Å²) >= 11 is 3.23. The minimum atomic E-state index is -0.373. The smallest absolute Gasteiger partial charge is 0.264 e. The van der Waals surface area contributed by atoms with E-state index in [-0.39, 0.29) is 17.9 Å². The Morgan fingerprint density at radius 1 is 1.19 bits per heavy atom. The van der Waals surface area contributed by atoms with Gasteiger partial charge in [0.05, 0.1) is 18.4 Å². The summed E-state index contributed by atoms with van der Waals surface area (Å²) in [5.41, 5.74) is 2.54. The highest BCUT2D eigenvalue weighted by molar-refractivity contribution is 9.10. The first kappa shape index (κ1) is 16.7. The van der Waals surface area contributed by atoms with E-state index >= 15 is 0 Å². The third kappa shape index (κ3) is 2.84. The zero-order valence-electron chi connectivity index (χ0n) is 13.9. The summed E-state index contributed by atoms with van der Waals surface area (Å²) in [6.07, 6.45) is 2.94. The summed E-state index contributed by atoms with van der Waals surface area (Å²) in [5, 5.41) is 4.72. The zero-order valence-corrected chi connectivity index (χ0v) is 15.4. The lowest BCUT2D eigenvalue weighted by atomic mass is 10.2. The second kappa shape index (κ2) is 6.49. The van der Waals surface area contributed by atoms with E-state index in [9.17, 15) is 9.18 Å². The summed E-state index contributed by atoms with van der Waals surface area (Å²) in [7, 11) is 0. The number of halogens is 2. The number of rotatable bonds is 3. The van der Waals surface area contributed by atoms with E-state index in [4.69, 9.17) is 0 Å². The van der Waals surface area contributed by atoms with Crippen molar-refractivity contribution in [1.82, 2.24) is 19.3 Å². The van der Waals surface area contributed by atoms with Crippen LogP contribution < -0.4 is 5.56 Å². The number of aromatic nitrogens is 4. The van der Waals surface area contributed by atoms with E-state index in [1.54, 1.807) is 16.8 Å². The van der Waals surface area contributed by atoms with E-state index in [1.807, 2.05) is 31.2 Å². The van der Waals surface area contributed by atoms with Crippen LogP contribution in [0.1, 0.15) is 11.1 Å². The lowest BCUT2D eigenvalue weighted by Gasteiger charge is -2.08. The molecule has 2 aromatic heterocycles. The number of nitrogens with zero attached hydrogens (tertiary/aromatic N) is 4. The molecule has 0 radical (unpaired) electrons. The van der Waals surface area contributed by atoms with E-state index in [2.05, 4.69) is 26.0 Å². The molecule has 5 nitrogen and oxygen atoms in total. The van der Waals surface area contributed by atoms with Crippen LogP contribution in [0.25, 0.3) is 16.7 Å². The van der Waals surface area contributed by atoms with Gasteiger partial charge in [-0.3, -0.25) is 9.36 Å². The van der Waals surface area contributed by atoms with Crippen molar-refractivity contribution in [2.75, 3.05) is 0 Å². The van der Waals surface area contributed by atoms with Crippen LogP contribution in [0, 0.1) is 12.7 Å². The molecule has 0 N–H and O–H groups in total. The Morgan fingerprint density at radius 2 is 2.00 bits per heavy atom. The molecule has 0 aliphatic heterocycles. The number of aryl methyl sites for hydroxylation is 1. The molecule has 0 spiro atoms. The highest BCUT2D eigenvalue weighted by Crippen LogP contribution is 2.18. The molecule has 0 saturated carbocycles. The molecule has 26 heavy (non-hydrogen) atoms. The van der Waals surface area contributed by atoms with Gasteiger partial charge in [-0.2, -0.15) is 5.10 Å². The summed E-state index contributed by atoms with van der Waals surface area (Å²) < 4.78 is 17.8. The maximum atomic E-state index is 14.1. The van der Waals surface area contributed by atoms with Gasteiger partial charge in [-0.1, -0.05) is 40.2 Å². The molecular formula is C19H14BrFN4O. The van der Waals surface area contributed by atoms with Crippen molar-refractivity contribution in [1.29, 1.82) is 0 Å². The molecular weight excluding hydrogens is 399 g/mol. The summed E-state index contributed by atoms with van der Waals surface area (Å²) in [5.74, 6) is -0.373. The summed E-state index contributed by atoms with van der Waals surface area (Å²) in [6.45, 7) is 2.08. The topological polar surface area (TPSA) is 52.7 Å². The Kier molecular flexibility index (Phi) is 4.16. The minimum absolute atomic E-state index is 0.108. The predicted octanol–water partition coefficient (Wildman–Crippen LogP) is 3.84. The van der Waals surface area contributed by atoms with Crippen LogP contribution in [0.15, 0.2) is 64.3 Å². The second-order valence-electron chi connectivity index (χ2n) is 5.99. The molecule has 2 heterocycles. The molecule has 0 unspecified atom stereocenters. The lowest BCUT2D eigenvalue weighted by Crippen LogP contribution is -2.21. The molecule has 0 atom stereocenters. The van der Waals surface area contributed by atoms with Crippen molar-refractivity contribution in [3.63, 3.8) is 0 Å². The maximum Gasteiger partial charge on any atom is 0.264 e. The number of fused-ring (bicyclic) bond motifs is 1. The van der Waals surface area contributed by atoms with Gasteiger partial charge in [0.15, 0.2) is 5.65 Å². The molecule has 0 fully saturated rings. The average molecular weight is 413 g/mol. The van der Waals surface area contributed by atoms with Gasteiger partial charge in [-0.15, -0.1) is 0 Å². The van der Waals surface area contributed by atoms with Gasteiger partial charge in [-0.05, 0) is 30.7 Å². The molecule has 0 aliphatic rings. The van der Waals surface area contributed by atoms with Crippen molar-refractivity contribution in [3.8, 4) is 5.69 Å². The molecule has 2 aromatic carbocycles. The third-order valence-electron chi connectivity index (χ3n) is 4.25. The average Bonchev–Trinajstić information content (AvgIpc) is 3.04. The van der Waals surface area contributed by atoms with E-state index in [1.165, 1.54) is 23.2 Å². The molecule has 0 bridgehead atoms. The van der Waals surface area contributed by atoms with E-state index < -0.39 is 0 Å². The van der Waals surface area contributed by atoms with Crippen molar-refractivity contribution >= 4 is 27.0 Å². The first-order valence-corrected chi connectivity index (χ1v) is 8.77. The van der Waals surface area contributed by atoms with E-state index in [0.29, 0.717) is 21.1 Å². The van der Waals surface area contributed by atoms with Crippen LogP contribution >= 0.6 is 15.9 Å². The van der Waals surface area contributed by atoms with Gasteiger partial charge in [0.1, 0.15) is 17.5 Å². The van der Waals surface area contributed by atoms with Crippen molar-refractivity contribution in [2.45, 2.75) is 13.5 Å². The fraction of sp³-hybridized carbons (Fsp3) is 0.105. The number of hydrogen-bond acceptors (Lipinski definition) is 3. The van der Waals surface area contributed by atoms with Crippen LogP contribution in [0.4, 0.5) is 4.39 Å². The largest absolute Gasteiger partial charge is 0.294 e. The second-order valence-corrected chi connectivity index (χ2v) is 6.91. The van der Waals surface area contributed by atoms with Crippen molar-refractivity contribution < 1.29 is 4.39 Å². The Balaban J connectivity index is 1.79. The minimum Gasteiger partial charge on any atom is -0.294 e. The van der Waals surface area contributed by atoms with Gasteiger partial charge in [0.2, 0.25) is 0 Å². The SMILES string of the molecule is Cc1ccccc1-n1ncc2c(=O)n(Cc3ccc(Br)cc3F)cnc21. The Morgan fingerprint density at radius 3 is 2.77 bits per heavy atom. The monoisotopic (exact) mass is 412 g/mol. The highest BCUT2D eigenvalue weighted by atomic mass is 79.9. The third-order valence-corrected chi connectivity index (χ3v) is 4.75. The number of hydrogen-bond donors (Lipinski definition) is 0. The van der Waals surface area contributed by atoms with Crippen molar-refractivity contribution in [3.05, 3.63) is 86.8 Å². The van der Waals surface area contributed by atoms with Crippen LogP contribution in [0.5, 0.6) is 0 Å². The number of benzene rings is 2. The molecule has 7 heteroatoms. The Hall–Kier alpha value is -2.80. The molecule has 4 rings (SSSR count). The fourth-order valence-electron chi connectivity index (χ4n) is 2.87. The van der Waals surface area contributed by atoms with E-state index in [0.717, 1.165) is 11.3 Å². The molecule has 0 saturated heterocycles. The van der Waals surface area contributed by atoms with Crippen LogP contribution in [0.2, 0.25) is 0 Å².